The number of hydrogen-bond acceptors (Lipinski definition) is 3. The first kappa shape index (κ1) is 20.3. The van der Waals surface area contributed by atoms with Gasteiger partial charge in [0.2, 0.25) is 5.95 Å². The maximum Gasteiger partial charge on any atom is 0.416 e. The summed E-state index contributed by atoms with van der Waals surface area (Å²) in [6, 6.07) is 15.7. The first-order valence-corrected chi connectivity index (χ1v) is 9.30. The summed E-state index contributed by atoms with van der Waals surface area (Å²) in [4.78, 5) is 16.4. The Labute approximate surface area is 175 Å². The van der Waals surface area contributed by atoms with Gasteiger partial charge in [0.25, 0.3) is 0 Å². The van der Waals surface area contributed by atoms with Crippen molar-refractivity contribution >= 4 is 28.9 Å². The van der Waals surface area contributed by atoms with Crippen LogP contribution in [0.2, 0.25) is 0 Å². The molecule has 0 saturated carbocycles. The number of benzene rings is 2. The third-order valence-electron chi connectivity index (χ3n) is 4.81. The van der Waals surface area contributed by atoms with E-state index in [-0.39, 0.29) is 11.3 Å². The van der Waals surface area contributed by atoms with E-state index in [1.165, 1.54) is 19.1 Å². The number of halogens is 3. The third-order valence-corrected chi connectivity index (χ3v) is 4.81. The number of aromatic nitrogens is 2. The minimum atomic E-state index is -4.43. The smallest absolute Gasteiger partial charge is 0.369 e. The second-order valence-corrected chi connectivity index (χ2v) is 6.97. The van der Waals surface area contributed by atoms with E-state index < -0.39 is 17.8 Å². The van der Waals surface area contributed by atoms with Gasteiger partial charge < -0.3 is 16.4 Å². The summed E-state index contributed by atoms with van der Waals surface area (Å²) in [5.74, 6) is 0.374. The Morgan fingerprint density at radius 1 is 1.00 bits per heavy atom. The normalized spacial score (nSPS) is 11.5. The third kappa shape index (κ3) is 4.16. The molecule has 0 radical (unpaired) electrons. The van der Waals surface area contributed by atoms with Gasteiger partial charge in [-0.05, 0) is 60.5 Å². The first-order chi connectivity index (χ1) is 14.7. The molecule has 31 heavy (non-hydrogen) atoms. The molecule has 9 heteroatoms. The number of alkyl halides is 3. The molecule has 2 amide bonds. The maximum absolute atomic E-state index is 12.9. The van der Waals surface area contributed by atoms with Crippen molar-refractivity contribution in [1.82, 2.24) is 9.38 Å². The number of rotatable bonds is 3. The largest absolute Gasteiger partial charge is 0.416 e. The fourth-order valence-electron chi connectivity index (χ4n) is 3.38. The molecule has 6 nitrogen and oxygen atoms in total. The molecule has 0 bridgehead atoms. The number of fused-ring (bicyclic) bond motifs is 1. The van der Waals surface area contributed by atoms with E-state index in [0.29, 0.717) is 11.6 Å². The summed E-state index contributed by atoms with van der Waals surface area (Å²) in [5.41, 5.74) is 8.63. The van der Waals surface area contributed by atoms with Crippen molar-refractivity contribution in [3.05, 3.63) is 78.0 Å². The number of aryl methyl sites for hydroxylation is 1. The Morgan fingerprint density at radius 3 is 2.35 bits per heavy atom. The first-order valence-electron chi connectivity index (χ1n) is 9.30. The quantitative estimate of drug-likeness (QED) is 0.402. The number of amides is 2. The Morgan fingerprint density at radius 2 is 1.68 bits per heavy atom. The highest BCUT2D eigenvalue weighted by Crippen LogP contribution is 2.33. The molecule has 0 spiro atoms. The van der Waals surface area contributed by atoms with Crippen molar-refractivity contribution in [3.63, 3.8) is 0 Å². The summed E-state index contributed by atoms with van der Waals surface area (Å²) in [6.07, 6.45) is -2.75. The molecule has 0 unspecified atom stereocenters. The standard InChI is InChI=1S/C22H18F3N5O/c1-13-11-16(9-10-18(13)22(23,24)25)29-21(31)28-15-7-5-14(6-8-15)19-4-2-3-17-12-27-20(26)30(17)19/h2-12H,1H3,(H2,26,27)(H2,28,29,31). The number of carbonyl (C=O) groups excluding carboxylic acids is 1. The number of urea groups is 1. The molecule has 2 aromatic heterocycles. The lowest BCUT2D eigenvalue weighted by Crippen LogP contribution is -2.19. The lowest BCUT2D eigenvalue weighted by atomic mass is 10.1. The van der Waals surface area contributed by atoms with Gasteiger partial charge in [0, 0.05) is 11.4 Å². The minimum absolute atomic E-state index is 0.0302. The molecule has 158 valence electrons. The van der Waals surface area contributed by atoms with Crippen LogP contribution in [0.15, 0.2) is 66.9 Å². The van der Waals surface area contributed by atoms with Gasteiger partial charge in [-0.3, -0.25) is 4.40 Å². The van der Waals surface area contributed by atoms with Gasteiger partial charge in [0.05, 0.1) is 23.0 Å². The van der Waals surface area contributed by atoms with E-state index in [1.54, 1.807) is 18.3 Å². The molecule has 0 atom stereocenters. The van der Waals surface area contributed by atoms with Crippen LogP contribution in [0.25, 0.3) is 16.8 Å². The summed E-state index contributed by atoms with van der Waals surface area (Å²) in [5, 5.41) is 5.20. The van der Waals surface area contributed by atoms with Gasteiger partial charge in [0.1, 0.15) is 0 Å². The fourth-order valence-corrected chi connectivity index (χ4v) is 3.38. The fraction of sp³-hybridized carbons (Fsp3) is 0.0909. The Hall–Kier alpha value is -4.01. The maximum atomic E-state index is 12.9. The van der Waals surface area contributed by atoms with Gasteiger partial charge in [-0.25, -0.2) is 9.78 Å². The van der Waals surface area contributed by atoms with E-state index in [1.807, 2.05) is 34.7 Å². The summed E-state index contributed by atoms with van der Waals surface area (Å²) in [7, 11) is 0. The lowest BCUT2D eigenvalue weighted by Gasteiger charge is -2.13. The predicted molar refractivity (Wildman–Crippen MR) is 114 cm³/mol. The average molecular weight is 425 g/mol. The molecule has 0 aliphatic heterocycles. The van der Waals surface area contributed by atoms with Crippen LogP contribution >= 0.6 is 0 Å². The number of carbonyl (C=O) groups is 1. The highest BCUT2D eigenvalue weighted by molar-refractivity contribution is 6.00. The van der Waals surface area contributed by atoms with Gasteiger partial charge in [-0.15, -0.1) is 0 Å². The second kappa shape index (κ2) is 7.67. The zero-order valence-electron chi connectivity index (χ0n) is 16.4. The molecular weight excluding hydrogens is 407 g/mol. The van der Waals surface area contributed by atoms with Crippen LogP contribution in [-0.4, -0.2) is 15.4 Å². The molecule has 4 aromatic rings. The van der Waals surface area contributed by atoms with E-state index >= 15 is 0 Å². The molecule has 0 fully saturated rings. The number of pyridine rings is 1. The zero-order chi connectivity index (χ0) is 22.2. The number of nitrogens with zero attached hydrogens (tertiary/aromatic N) is 2. The number of nitrogens with two attached hydrogens (primary N) is 1. The molecule has 4 rings (SSSR count). The van der Waals surface area contributed by atoms with Crippen LogP contribution in [0, 0.1) is 6.92 Å². The average Bonchev–Trinajstić information content (AvgIpc) is 3.09. The monoisotopic (exact) mass is 425 g/mol. The van der Waals surface area contributed by atoms with E-state index in [2.05, 4.69) is 15.6 Å². The van der Waals surface area contributed by atoms with Crippen LogP contribution < -0.4 is 16.4 Å². The number of anilines is 3. The summed E-state index contributed by atoms with van der Waals surface area (Å²) < 4.78 is 40.4. The molecule has 2 heterocycles. The minimum Gasteiger partial charge on any atom is -0.369 e. The number of imidazole rings is 1. The van der Waals surface area contributed by atoms with Crippen molar-refractivity contribution in [1.29, 1.82) is 0 Å². The van der Waals surface area contributed by atoms with Crippen LogP contribution in [-0.2, 0) is 6.18 Å². The number of nitrogen functional groups attached to an aromatic ring is 1. The SMILES string of the molecule is Cc1cc(NC(=O)Nc2ccc(-c3cccc4cnc(N)n34)cc2)ccc1C(F)(F)F. The van der Waals surface area contributed by atoms with Crippen LogP contribution in [0.1, 0.15) is 11.1 Å². The molecule has 0 aliphatic carbocycles. The molecule has 0 aliphatic rings. The number of nitrogens with one attached hydrogen (secondary N) is 2. The Kier molecular flexibility index (Phi) is 5.02. The Bertz CT molecular complexity index is 1260. The van der Waals surface area contributed by atoms with Crippen LogP contribution in [0.5, 0.6) is 0 Å². The van der Waals surface area contributed by atoms with Gasteiger partial charge >= 0.3 is 12.2 Å². The van der Waals surface area contributed by atoms with Crippen molar-refractivity contribution in [2.75, 3.05) is 16.4 Å². The summed E-state index contributed by atoms with van der Waals surface area (Å²) >= 11 is 0. The second-order valence-electron chi connectivity index (χ2n) is 6.97. The summed E-state index contributed by atoms with van der Waals surface area (Å²) in [6.45, 7) is 1.35. The molecule has 4 N–H and O–H groups in total. The van der Waals surface area contributed by atoms with Crippen molar-refractivity contribution < 1.29 is 18.0 Å². The van der Waals surface area contributed by atoms with E-state index in [4.69, 9.17) is 5.73 Å². The number of hydrogen-bond donors (Lipinski definition) is 3. The van der Waals surface area contributed by atoms with Gasteiger partial charge in [-0.2, -0.15) is 13.2 Å². The molecular formula is C22H18F3N5O. The topological polar surface area (TPSA) is 84.5 Å². The predicted octanol–water partition coefficient (Wildman–Crippen LogP) is 5.55. The van der Waals surface area contributed by atoms with Crippen molar-refractivity contribution in [2.24, 2.45) is 0 Å². The van der Waals surface area contributed by atoms with E-state index in [0.717, 1.165) is 22.8 Å². The zero-order valence-corrected chi connectivity index (χ0v) is 16.4. The molecule has 0 saturated heterocycles. The van der Waals surface area contributed by atoms with Crippen LogP contribution in [0.3, 0.4) is 0 Å². The van der Waals surface area contributed by atoms with Gasteiger partial charge in [-0.1, -0.05) is 18.2 Å². The Balaban J connectivity index is 1.47. The van der Waals surface area contributed by atoms with Crippen LogP contribution in [0.4, 0.5) is 35.3 Å². The molecule has 2 aromatic carbocycles. The highest BCUT2D eigenvalue weighted by atomic mass is 19.4. The van der Waals surface area contributed by atoms with Gasteiger partial charge in [0.15, 0.2) is 0 Å². The van der Waals surface area contributed by atoms with Crippen molar-refractivity contribution in [2.45, 2.75) is 13.1 Å². The lowest BCUT2D eigenvalue weighted by molar-refractivity contribution is -0.138. The van der Waals surface area contributed by atoms with Crippen molar-refractivity contribution in [3.8, 4) is 11.3 Å². The highest BCUT2D eigenvalue weighted by Gasteiger charge is 2.32. The van der Waals surface area contributed by atoms with E-state index in [9.17, 15) is 18.0 Å².